The Morgan fingerprint density at radius 2 is 2.40 bits per heavy atom. The van der Waals surface area contributed by atoms with Crippen molar-refractivity contribution in [3.05, 3.63) is 0 Å². The molecule has 0 bridgehead atoms. The molecule has 2 atom stereocenters. The zero-order valence-electron chi connectivity index (χ0n) is 5.71. The van der Waals surface area contributed by atoms with Crippen molar-refractivity contribution in [3.63, 3.8) is 0 Å². The van der Waals surface area contributed by atoms with E-state index in [2.05, 4.69) is 5.32 Å². The van der Waals surface area contributed by atoms with Gasteiger partial charge in [0.25, 0.3) is 0 Å². The van der Waals surface area contributed by atoms with E-state index in [-0.39, 0.29) is 6.04 Å². The summed E-state index contributed by atoms with van der Waals surface area (Å²) in [5, 5.41) is 11.6. The number of carboxylic acids is 1. The molecule has 0 aromatic heterocycles. The fourth-order valence-electron chi connectivity index (χ4n) is 1.15. The van der Waals surface area contributed by atoms with Crippen LogP contribution in [0.5, 0.6) is 0 Å². The number of carboxylic acid groups (broad SMARTS) is 1. The molecule has 0 radical (unpaired) electrons. The van der Waals surface area contributed by atoms with Gasteiger partial charge in [-0.15, -0.1) is 0 Å². The maximum atomic E-state index is 10.4. The molecule has 1 aliphatic heterocycles. The second kappa shape index (κ2) is 2.98. The Labute approximate surface area is 59.4 Å². The third-order valence-corrected chi connectivity index (χ3v) is 1.85. The maximum absolute atomic E-state index is 10.4. The lowest BCUT2D eigenvalue weighted by molar-refractivity contribution is -0.142. The third-order valence-electron chi connectivity index (χ3n) is 1.85. The number of nitrogens with one attached hydrogen (secondary N) is 1. The first-order valence-corrected chi connectivity index (χ1v) is 3.41. The van der Waals surface area contributed by atoms with Crippen LogP contribution >= 0.6 is 0 Å². The predicted octanol–water partition coefficient (Wildman–Crippen LogP) is -0.992. The molecule has 0 aliphatic carbocycles. The molecule has 58 valence electrons. The van der Waals surface area contributed by atoms with E-state index in [0.29, 0.717) is 6.54 Å². The molecule has 1 fully saturated rings. The van der Waals surface area contributed by atoms with Crippen LogP contribution in [0.4, 0.5) is 0 Å². The molecule has 1 saturated heterocycles. The van der Waals surface area contributed by atoms with E-state index in [1.165, 1.54) is 0 Å². The van der Waals surface area contributed by atoms with Gasteiger partial charge in [-0.2, -0.15) is 0 Å². The number of nitrogens with two attached hydrogens (primary N) is 1. The second-order valence-corrected chi connectivity index (χ2v) is 2.60. The molecule has 10 heavy (non-hydrogen) atoms. The van der Waals surface area contributed by atoms with Crippen LogP contribution in [0.2, 0.25) is 0 Å². The Kier molecular flexibility index (Phi) is 2.24. The molecule has 1 aliphatic rings. The minimum atomic E-state index is -0.792. The molecule has 4 heteroatoms. The van der Waals surface area contributed by atoms with Crippen LogP contribution in [0.3, 0.4) is 0 Å². The molecule has 0 saturated carbocycles. The highest BCUT2D eigenvalue weighted by Gasteiger charge is 2.27. The molecule has 0 aromatic carbocycles. The van der Waals surface area contributed by atoms with Gasteiger partial charge in [0.2, 0.25) is 0 Å². The van der Waals surface area contributed by atoms with Crippen LogP contribution in [0.1, 0.15) is 6.42 Å². The fourth-order valence-corrected chi connectivity index (χ4v) is 1.15. The summed E-state index contributed by atoms with van der Waals surface area (Å²) in [6.07, 6.45) is 0.761. The van der Waals surface area contributed by atoms with Crippen molar-refractivity contribution >= 4 is 5.97 Å². The van der Waals surface area contributed by atoms with Gasteiger partial charge < -0.3 is 16.2 Å². The van der Waals surface area contributed by atoms with Crippen molar-refractivity contribution in [2.75, 3.05) is 13.1 Å². The van der Waals surface area contributed by atoms with Gasteiger partial charge in [-0.1, -0.05) is 0 Å². The molecule has 1 heterocycles. The second-order valence-electron chi connectivity index (χ2n) is 2.60. The van der Waals surface area contributed by atoms with E-state index in [9.17, 15) is 4.79 Å². The van der Waals surface area contributed by atoms with E-state index in [1.54, 1.807) is 0 Å². The lowest BCUT2D eigenvalue weighted by Gasteiger charge is -2.25. The highest BCUT2D eigenvalue weighted by molar-refractivity contribution is 5.71. The molecule has 0 unspecified atom stereocenters. The lowest BCUT2D eigenvalue weighted by atomic mass is 9.95. The van der Waals surface area contributed by atoms with Gasteiger partial charge in [0.15, 0.2) is 0 Å². The van der Waals surface area contributed by atoms with Crippen molar-refractivity contribution < 1.29 is 9.90 Å². The molecular weight excluding hydrogens is 132 g/mol. The van der Waals surface area contributed by atoms with Gasteiger partial charge in [0.1, 0.15) is 0 Å². The summed E-state index contributed by atoms with van der Waals surface area (Å²) in [5.74, 6) is -1.19. The van der Waals surface area contributed by atoms with Gasteiger partial charge in [0.05, 0.1) is 5.92 Å². The molecule has 0 amide bonds. The Morgan fingerprint density at radius 1 is 1.70 bits per heavy atom. The first kappa shape index (κ1) is 7.50. The van der Waals surface area contributed by atoms with Gasteiger partial charge in [-0.3, -0.25) is 4.79 Å². The SMILES string of the molecule is N[C@@H]1CCNC[C@@H]1C(=O)O. The van der Waals surface area contributed by atoms with E-state index in [1.807, 2.05) is 0 Å². The highest BCUT2D eigenvalue weighted by atomic mass is 16.4. The average molecular weight is 144 g/mol. The maximum Gasteiger partial charge on any atom is 0.309 e. The zero-order chi connectivity index (χ0) is 7.56. The number of carbonyl (C=O) groups is 1. The summed E-state index contributed by atoms with van der Waals surface area (Å²) in [6.45, 7) is 1.35. The average Bonchev–Trinajstić information content (AvgIpc) is 1.88. The fraction of sp³-hybridized carbons (Fsp3) is 0.833. The summed E-state index contributed by atoms with van der Waals surface area (Å²) < 4.78 is 0. The van der Waals surface area contributed by atoms with Gasteiger partial charge in [-0.25, -0.2) is 0 Å². The van der Waals surface area contributed by atoms with Crippen LogP contribution in [0, 0.1) is 5.92 Å². The first-order valence-electron chi connectivity index (χ1n) is 3.41. The zero-order valence-corrected chi connectivity index (χ0v) is 5.71. The summed E-state index contributed by atoms with van der Waals surface area (Å²) in [6, 6.07) is -0.168. The van der Waals surface area contributed by atoms with E-state index in [4.69, 9.17) is 10.8 Å². The molecule has 1 rings (SSSR count). The summed E-state index contributed by atoms with van der Waals surface area (Å²) >= 11 is 0. The monoisotopic (exact) mass is 144 g/mol. The molecule has 4 nitrogen and oxygen atoms in total. The number of piperidine rings is 1. The van der Waals surface area contributed by atoms with Crippen molar-refractivity contribution in [2.45, 2.75) is 12.5 Å². The van der Waals surface area contributed by atoms with Crippen molar-refractivity contribution in [3.8, 4) is 0 Å². The van der Waals surface area contributed by atoms with Crippen molar-refractivity contribution in [1.29, 1.82) is 0 Å². The van der Waals surface area contributed by atoms with E-state index >= 15 is 0 Å². The van der Waals surface area contributed by atoms with Crippen LogP contribution < -0.4 is 11.1 Å². The minimum Gasteiger partial charge on any atom is -0.481 e. The Morgan fingerprint density at radius 3 is 2.80 bits per heavy atom. The smallest absolute Gasteiger partial charge is 0.309 e. The van der Waals surface area contributed by atoms with Gasteiger partial charge in [-0.05, 0) is 13.0 Å². The molecule has 0 aromatic rings. The van der Waals surface area contributed by atoms with Gasteiger partial charge >= 0.3 is 5.97 Å². The number of rotatable bonds is 1. The van der Waals surface area contributed by atoms with E-state index in [0.717, 1.165) is 13.0 Å². The van der Waals surface area contributed by atoms with Crippen LogP contribution in [-0.2, 0) is 4.79 Å². The third kappa shape index (κ3) is 1.46. The first-order chi connectivity index (χ1) is 4.72. The topological polar surface area (TPSA) is 75.3 Å². The lowest BCUT2D eigenvalue weighted by Crippen LogP contribution is -2.48. The quantitative estimate of drug-likeness (QED) is 0.441. The number of hydrogen-bond acceptors (Lipinski definition) is 3. The van der Waals surface area contributed by atoms with E-state index < -0.39 is 11.9 Å². The van der Waals surface area contributed by atoms with Gasteiger partial charge in [0, 0.05) is 12.6 Å². The predicted molar refractivity (Wildman–Crippen MR) is 36.6 cm³/mol. The molecular formula is C6H12N2O2. The van der Waals surface area contributed by atoms with Crippen molar-refractivity contribution in [1.82, 2.24) is 5.32 Å². The summed E-state index contributed by atoms with van der Waals surface area (Å²) in [4.78, 5) is 10.4. The standard InChI is InChI=1S/C6H12N2O2/c7-5-1-2-8-3-4(5)6(9)10/h4-5,8H,1-3,7H2,(H,9,10)/t4-,5+/m0/s1. The Hall–Kier alpha value is -0.610. The van der Waals surface area contributed by atoms with Crippen LogP contribution in [0.15, 0.2) is 0 Å². The summed E-state index contributed by atoms with van der Waals surface area (Å²) in [7, 11) is 0. The molecule has 0 spiro atoms. The Balaban J connectivity index is 2.47. The highest BCUT2D eigenvalue weighted by Crippen LogP contribution is 2.08. The number of aliphatic carboxylic acids is 1. The minimum absolute atomic E-state index is 0.168. The molecule has 4 N–H and O–H groups in total. The normalized spacial score (nSPS) is 33.7. The van der Waals surface area contributed by atoms with Crippen molar-refractivity contribution in [2.24, 2.45) is 11.7 Å². The number of hydrogen-bond donors (Lipinski definition) is 3. The summed E-state index contributed by atoms with van der Waals surface area (Å²) in [5.41, 5.74) is 5.56. The largest absolute Gasteiger partial charge is 0.481 e. The van der Waals surface area contributed by atoms with Crippen LogP contribution in [-0.4, -0.2) is 30.2 Å². The van der Waals surface area contributed by atoms with Crippen LogP contribution in [0.25, 0.3) is 0 Å². The Bertz CT molecular complexity index is 138.